The maximum absolute atomic E-state index is 13.8. The van der Waals surface area contributed by atoms with E-state index < -0.39 is 5.82 Å². The third kappa shape index (κ3) is 4.91. The van der Waals surface area contributed by atoms with Crippen molar-refractivity contribution in [2.45, 2.75) is 19.8 Å². The number of carbonyl (C=O) groups excluding carboxylic acids is 1. The van der Waals surface area contributed by atoms with Gasteiger partial charge in [-0.3, -0.25) is 9.89 Å². The van der Waals surface area contributed by atoms with Gasteiger partial charge in [0.1, 0.15) is 5.82 Å². The predicted molar refractivity (Wildman–Crippen MR) is 99.9 cm³/mol. The van der Waals surface area contributed by atoms with Crippen molar-refractivity contribution in [1.82, 2.24) is 20.5 Å². The van der Waals surface area contributed by atoms with Gasteiger partial charge in [-0.15, -0.1) is 0 Å². The van der Waals surface area contributed by atoms with Crippen LogP contribution >= 0.6 is 0 Å². The molecule has 1 aromatic heterocycles. The fourth-order valence-corrected chi connectivity index (χ4v) is 2.62. The number of aromatic nitrogens is 3. The SMILES string of the molecule is COc1ccc(-c2n[nH]c(CCNC(=O)Cc3ccc(C)cc3)n2)cc1F. The smallest absolute Gasteiger partial charge is 0.224 e. The number of H-pyrrole nitrogens is 1. The van der Waals surface area contributed by atoms with Crippen molar-refractivity contribution in [3.63, 3.8) is 0 Å². The molecule has 27 heavy (non-hydrogen) atoms. The molecule has 0 radical (unpaired) electrons. The quantitative estimate of drug-likeness (QED) is 0.672. The third-order valence-corrected chi connectivity index (χ3v) is 4.11. The molecular formula is C20H21FN4O2. The number of rotatable bonds is 7. The molecule has 0 saturated heterocycles. The molecule has 1 heterocycles. The van der Waals surface area contributed by atoms with Gasteiger partial charge < -0.3 is 10.1 Å². The number of hydrogen-bond donors (Lipinski definition) is 2. The van der Waals surface area contributed by atoms with E-state index in [1.54, 1.807) is 6.07 Å². The minimum absolute atomic E-state index is 0.0455. The zero-order valence-electron chi connectivity index (χ0n) is 15.3. The molecule has 0 bridgehead atoms. The molecule has 0 aliphatic rings. The highest BCUT2D eigenvalue weighted by molar-refractivity contribution is 5.78. The number of benzene rings is 2. The van der Waals surface area contributed by atoms with Gasteiger partial charge in [0.05, 0.1) is 13.5 Å². The van der Waals surface area contributed by atoms with Gasteiger partial charge in [-0.2, -0.15) is 5.10 Å². The zero-order valence-corrected chi connectivity index (χ0v) is 15.3. The molecule has 2 N–H and O–H groups in total. The molecule has 0 aliphatic heterocycles. The first-order valence-electron chi connectivity index (χ1n) is 8.62. The van der Waals surface area contributed by atoms with Gasteiger partial charge in [-0.1, -0.05) is 29.8 Å². The van der Waals surface area contributed by atoms with E-state index in [9.17, 15) is 9.18 Å². The van der Waals surface area contributed by atoms with E-state index >= 15 is 0 Å². The van der Waals surface area contributed by atoms with E-state index in [0.717, 1.165) is 11.1 Å². The van der Waals surface area contributed by atoms with E-state index in [2.05, 4.69) is 20.5 Å². The Morgan fingerprint density at radius 2 is 2.00 bits per heavy atom. The summed E-state index contributed by atoms with van der Waals surface area (Å²) >= 11 is 0. The summed E-state index contributed by atoms with van der Waals surface area (Å²) in [4.78, 5) is 16.3. The van der Waals surface area contributed by atoms with Gasteiger partial charge in [0.15, 0.2) is 17.4 Å². The highest BCUT2D eigenvalue weighted by Gasteiger charge is 2.10. The Morgan fingerprint density at radius 1 is 1.22 bits per heavy atom. The van der Waals surface area contributed by atoms with Crippen LogP contribution in [0.5, 0.6) is 5.75 Å². The summed E-state index contributed by atoms with van der Waals surface area (Å²) in [6, 6.07) is 12.4. The Labute approximate surface area is 156 Å². The van der Waals surface area contributed by atoms with Crippen LogP contribution in [0.3, 0.4) is 0 Å². The number of nitrogens with one attached hydrogen (secondary N) is 2. The summed E-state index contributed by atoms with van der Waals surface area (Å²) in [6.07, 6.45) is 0.846. The van der Waals surface area contributed by atoms with Crippen LogP contribution in [0.1, 0.15) is 17.0 Å². The lowest BCUT2D eigenvalue weighted by Crippen LogP contribution is -2.27. The second-order valence-corrected chi connectivity index (χ2v) is 6.22. The zero-order chi connectivity index (χ0) is 19.2. The number of halogens is 1. The van der Waals surface area contributed by atoms with E-state index in [1.165, 1.54) is 19.2 Å². The summed E-state index contributed by atoms with van der Waals surface area (Å²) < 4.78 is 18.7. The number of hydrogen-bond acceptors (Lipinski definition) is 4. The molecule has 0 saturated carbocycles. The number of nitrogens with zero attached hydrogens (tertiary/aromatic N) is 2. The molecule has 3 rings (SSSR count). The fraction of sp³-hybridized carbons (Fsp3) is 0.250. The average molecular weight is 368 g/mol. The average Bonchev–Trinajstić information content (AvgIpc) is 3.12. The van der Waals surface area contributed by atoms with Crippen molar-refractivity contribution < 1.29 is 13.9 Å². The van der Waals surface area contributed by atoms with Crippen molar-refractivity contribution in [3.8, 4) is 17.1 Å². The molecule has 2 aromatic carbocycles. The van der Waals surface area contributed by atoms with Crippen molar-refractivity contribution in [2.75, 3.05) is 13.7 Å². The monoisotopic (exact) mass is 368 g/mol. The van der Waals surface area contributed by atoms with Gasteiger partial charge in [0.2, 0.25) is 5.91 Å². The number of aryl methyl sites for hydroxylation is 1. The van der Waals surface area contributed by atoms with Crippen LogP contribution in [-0.2, 0) is 17.6 Å². The number of amides is 1. The van der Waals surface area contributed by atoms with E-state index in [4.69, 9.17) is 4.74 Å². The first-order valence-corrected chi connectivity index (χ1v) is 8.62. The second kappa shape index (κ2) is 8.44. The molecule has 0 atom stereocenters. The van der Waals surface area contributed by atoms with Gasteiger partial charge in [-0.25, -0.2) is 9.37 Å². The fourth-order valence-electron chi connectivity index (χ4n) is 2.62. The van der Waals surface area contributed by atoms with E-state index in [1.807, 2.05) is 31.2 Å². The van der Waals surface area contributed by atoms with Crippen LogP contribution in [0, 0.1) is 12.7 Å². The maximum atomic E-state index is 13.8. The van der Waals surface area contributed by atoms with Gasteiger partial charge in [0.25, 0.3) is 0 Å². The highest BCUT2D eigenvalue weighted by Crippen LogP contribution is 2.23. The Bertz CT molecular complexity index is 922. The molecule has 0 fully saturated rings. The lowest BCUT2D eigenvalue weighted by Gasteiger charge is -2.04. The van der Waals surface area contributed by atoms with Crippen molar-refractivity contribution >= 4 is 5.91 Å². The first-order chi connectivity index (χ1) is 13.0. The molecule has 1 amide bonds. The van der Waals surface area contributed by atoms with Crippen LogP contribution in [0.25, 0.3) is 11.4 Å². The number of methoxy groups -OCH3 is 1. The van der Waals surface area contributed by atoms with E-state index in [-0.39, 0.29) is 11.7 Å². The molecule has 0 spiro atoms. The Balaban J connectivity index is 1.51. The maximum Gasteiger partial charge on any atom is 0.224 e. The molecule has 7 heteroatoms. The minimum Gasteiger partial charge on any atom is -0.494 e. The standard InChI is InChI=1S/C20H21FN4O2/c1-13-3-5-14(6-4-13)11-19(26)22-10-9-18-23-20(25-24-18)15-7-8-17(27-2)16(21)12-15/h3-8,12H,9-11H2,1-2H3,(H,22,26)(H,23,24,25). The minimum atomic E-state index is -0.468. The van der Waals surface area contributed by atoms with Crippen LogP contribution in [0.2, 0.25) is 0 Å². The lowest BCUT2D eigenvalue weighted by molar-refractivity contribution is -0.120. The van der Waals surface area contributed by atoms with Crippen molar-refractivity contribution in [2.24, 2.45) is 0 Å². The first kappa shape index (κ1) is 18.6. The van der Waals surface area contributed by atoms with Crippen molar-refractivity contribution in [3.05, 3.63) is 65.2 Å². The molecule has 3 aromatic rings. The van der Waals surface area contributed by atoms with Gasteiger partial charge in [-0.05, 0) is 30.7 Å². The highest BCUT2D eigenvalue weighted by atomic mass is 19.1. The normalized spacial score (nSPS) is 10.6. The topological polar surface area (TPSA) is 79.9 Å². The lowest BCUT2D eigenvalue weighted by atomic mass is 10.1. The second-order valence-electron chi connectivity index (χ2n) is 6.22. The predicted octanol–water partition coefficient (Wildman–Crippen LogP) is 2.83. The Kier molecular flexibility index (Phi) is 5.80. The summed E-state index contributed by atoms with van der Waals surface area (Å²) in [5.74, 6) is 0.681. The van der Waals surface area contributed by atoms with Crippen LogP contribution in [-0.4, -0.2) is 34.7 Å². The Morgan fingerprint density at radius 3 is 2.70 bits per heavy atom. The molecule has 140 valence electrons. The van der Waals surface area contributed by atoms with Crippen LogP contribution in [0.15, 0.2) is 42.5 Å². The molecular weight excluding hydrogens is 347 g/mol. The summed E-state index contributed by atoms with van der Waals surface area (Å²) in [7, 11) is 1.41. The summed E-state index contributed by atoms with van der Waals surface area (Å²) in [5.41, 5.74) is 2.69. The van der Waals surface area contributed by atoms with Crippen LogP contribution in [0.4, 0.5) is 4.39 Å². The number of carbonyl (C=O) groups is 1. The number of ether oxygens (including phenoxy) is 1. The molecule has 0 unspecified atom stereocenters. The van der Waals surface area contributed by atoms with Crippen molar-refractivity contribution in [1.29, 1.82) is 0 Å². The van der Waals surface area contributed by atoms with Gasteiger partial charge in [0, 0.05) is 18.5 Å². The third-order valence-electron chi connectivity index (χ3n) is 4.11. The largest absolute Gasteiger partial charge is 0.494 e. The summed E-state index contributed by atoms with van der Waals surface area (Å²) in [6.45, 7) is 2.45. The molecule has 6 nitrogen and oxygen atoms in total. The van der Waals surface area contributed by atoms with E-state index in [0.29, 0.717) is 36.6 Å². The van der Waals surface area contributed by atoms with Crippen LogP contribution < -0.4 is 10.1 Å². The summed E-state index contributed by atoms with van der Waals surface area (Å²) in [5, 5.41) is 9.78. The Hall–Kier alpha value is -3.22. The number of aromatic amines is 1. The van der Waals surface area contributed by atoms with Gasteiger partial charge >= 0.3 is 0 Å². The molecule has 0 aliphatic carbocycles.